The molecule has 82 heavy (non-hydrogen) atoms. The Morgan fingerprint density at radius 1 is 0.329 bits per heavy atom. The molecule has 0 saturated heterocycles. The summed E-state index contributed by atoms with van der Waals surface area (Å²) in [6.07, 6.45) is 92.5. The number of unbranched alkanes of at least 4 members (excludes halogenated alkanes) is 55. The summed E-state index contributed by atoms with van der Waals surface area (Å²) in [4.78, 5) is 24.6. The van der Waals surface area contributed by atoms with Crippen molar-refractivity contribution in [2.24, 2.45) is 0 Å². The highest BCUT2D eigenvalue weighted by Crippen LogP contribution is 2.19. The summed E-state index contributed by atoms with van der Waals surface area (Å²) >= 11 is 0. The molecule has 484 valence electrons. The molecule has 0 aromatic carbocycles. The van der Waals surface area contributed by atoms with Gasteiger partial charge in [0.1, 0.15) is 0 Å². The van der Waals surface area contributed by atoms with Gasteiger partial charge in [0.2, 0.25) is 5.91 Å². The molecule has 3 N–H and O–H groups in total. The van der Waals surface area contributed by atoms with Crippen molar-refractivity contribution in [2.75, 3.05) is 13.2 Å². The molecule has 0 saturated carbocycles. The van der Waals surface area contributed by atoms with Gasteiger partial charge in [-0.2, -0.15) is 0 Å². The number of rotatable bonds is 70. The summed E-state index contributed by atoms with van der Waals surface area (Å²) in [5.41, 5.74) is 0. The van der Waals surface area contributed by atoms with Crippen LogP contribution in [0.1, 0.15) is 412 Å². The van der Waals surface area contributed by atoms with Gasteiger partial charge in [0.15, 0.2) is 0 Å². The molecule has 0 bridgehead atoms. The quantitative estimate of drug-likeness (QED) is 0.0320. The van der Waals surface area contributed by atoms with Crippen LogP contribution >= 0.6 is 0 Å². The molecule has 0 aromatic rings. The second kappa shape index (κ2) is 71.6. The first-order chi connectivity index (χ1) is 40.5. The standard InChI is InChI=1S/C76H145NO5/c1-3-5-7-9-11-13-15-16-17-18-19-20-21-27-30-33-36-39-42-45-49-52-56-60-64-68-74(79)73(72-78)77-75(80)69-65-61-57-53-50-46-43-40-37-34-31-28-25-23-22-24-26-29-32-35-38-41-44-47-51-55-59-63-67-71-82-76(81)70-66-62-58-54-48-14-12-10-8-6-4-2/h10,12,22,24,64,68,73-74,78-79H,3-9,11,13-21,23,25-63,65-67,69-72H2,1-2H3,(H,77,80)/b12-10-,24-22-,68-64+. The van der Waals surface area contributed by atoms with Crippen LogP contribution in [0.4, 0.5) is 0 Å². The zero-order valence-corrected chi connectivity index (χ0v) is 55.5. The van der Waals surface area contributed by atoms with E-state index in [4.69, 9.17) is 4.74 Å². The predicted octanol–water partition coefficient (Wildman–Crippen LogP) is 24.3. The monoisotopic (exact) mass is 1150 g/mol. The van der Waals surface area contributed by atoms with Crippen LogP contribution in [0, 0.1) is 0 Å². The molecule has 0 spiro atoms. The summed E-state index contributed by atoms with van der Waals surface area (Å²) in [6, 6.07) is -0.629. The number of carbonyl (C=O) groups is 2. The van der Waals surface area contributed by atoms with Crippen LogP contribution in [0.2, 0.25) is 0 Å². The zero-order valence-electron chi connectivity index (χ0n) is 55.5. The molecule has 0 aliphatic heterocycles. The molecule has 0 aliphatic rings. The third-order valence-electron chi connectivity index (χ3n) is 17.4. The van der Waals surface area contributed by atoms with Crippen molar-refractivity contribution in [2.45, 2.75) is 424 Å². The van der Waals surface area contributed by atoms with Gasteiger partial charge in [0.25, 0.3) is 0 Å². The molecule has 0 rings (SSSR count). The third-order valence-corrected chi connectivity index (χ3v) is 17.4. The average molecular weight is 1150 g/mol. The first kappa shape index (κ1) is 80.1. The summed E-state index contributed by atoms with van der Waals surface area (Å²) in [5, 5.41) is 23.3. The van der Waals surface area contributed by atoms with Crippen molar-refractivity contribution in [3.8, 4) is 0 Å². The minimum absolute atomic E-state index is 0.00550. The van der Waals surface area contributed by atoms with Gasteiger partial charge in [0, 0.05) is 12.8 Å². The van der Waals surface area contributed by atoms with Gasteiger partial charge in [-0.05, 0) is 77.0 Å². The van der Waals surface area contributed by atoms with E-state index in [2.05, 4.69) is 43.5 Å². The number of amides is 1. The Labute approximate surface area is 513 Å². The lowest BCUT2D eigenvalue weighted by atomic mass is 10.0. The van der Waals surface area contributed by atoms with Crippen molar-refractivity contribution in [1.82, 2.24) is 5.32 Å². The molecule has 2 atom stereocenters. The first-order valence-corrected chi connectivity index (χ1v) is 37.3. The second-order valence-corrected chi connectivity index (χ2v) is 25.6. The molecular weight excluding hydrogens is 1010 g/mol. The number of aliphatic hydroxyl groups is 2. The normalized spacial score (nSPS) is 12.7. The minimum atomic E-state index is -0.846. The summed E-state index contributed by atoms with van der Waals surface area (Å²) in [5.74, 6) is -0.0571. The zero-order chi connectivity index (χ0) is 59.2. The van der Waals surface area contributed by atoms with Gasteiger partial charge in [-0.15, -0.1) is 0 Å². The summed E-state index contributed by atoms with van der Waals surface area (Å²) in [6.45, 7) is 4.90. The second-order valence-electron chi connectivity index (χ2n) is 25.6. The Bertz CT molecular complexity index is 1330. The van der Waals surface area contributed by atoms with Crippen LogP contribution in [0.3, 0.4) is 0 Å². The highest BCUT2D eigenvalue weighted by molar-refractivity contribution is 5.76. The number of aliphatic hydroxyl groups excluding tert-OH is 2. The lowest BCUT2D eigenvalue weighted by Gasteiger charge is -2.20. The smallest absolute Gasteiger partial charge is 0.305 e. The van der Waals surface area contributed by atoms with Crippen LogP contribution in [-0.2, 0) is 14.3 Å². The van der Waals surface area contributed by atoms with Gasteiger partial charge < -0.3 is 20.3 Å². The van der Waals surface area contributed by atoms with Crippen LogP contribution < -0.4 is 5.32 Å². The highest BCUT2D eigenvalue weighted by Gasteiger charge is 2.18. The topological polar surface area (TPSA) is 95.9 Å². The molecule has 2 unspecified atom stereocenters. The summed E-state index contributed by atoms with van der Waals surface area (Å²) < 4.78 is 5.47. The highest BCUT2D eigenvalue weighted by atomic mass is 16.5. The number of esters is 1. The number of carbonyl (C=O) groups excluding carboxylic acids is 2. The van der Waals surface area contributed by atoms with E-state index in [0.717, 1.165) is 44.9 Å². The van der Waals surface area contributed by atoms with E-state index in [0.29, 0.717) is 19.4 Å². The van der Waals surface area contributed by atoms with E-state index < -0.39 is 12.1 Å². The van der Waals surface area contributed by atoms with Crippen molar-refractivity contribution in [3.63, 3.8) is 0 Å². The Hall–Kier alpha value is -1.92. The van der Waals surface area contributed by atoms with Gasteiger partial charge in [-0.25, -0.2) is 0 Å². The molecule has 0 aromatic heterocycles. The summed E-state index contributed by atoms with van der Waals surface area (Å²) in [7, 11) is 0. The molecule has 1 amide bonds. The fourth-order valence-electron chi connectivity index (χ4n) is 11.7. The van der Waals surface area contributed by atoms with E-state index >= 15 is 0 Å². The van der Waals surface area contributed by atoms with E-state index in [1.165, 1.54) is 340 Å². The van der Waals surface area contributed by atoms with E-state index in [1.807, 2.05) is 6.08 Å². The third kappa shape index (κ3) is 67.2. The molecule has 0 heterocycles. The number of nitrogens with one attached hydrogen (secondary N) is 1. The van der Waals surface area contributed by atoms with Crippen molar-refractivity contribution >= 4 is 11.9 Å². The minimum Gasteiger partial charge on any atom is -0.466 e. The van der Waals surface area contributed by atoms with E-state index in [-0.39, 0.29) is 18.5 Å². The predicted molar refractivity (Wildman–Crippen MR) is 361 cm³/mol. The molecule has 0 radical (unpaired) electrons. The Kier molecular flexibility index (Phi) is 69.9. The van der Waals surface area contributed by atoms with Crippen LogP contribution in [0.25, 0.3) is 0 Å². The van der Waals surface area contributed by atoms with Crippen molar-refractivity contribution in [1.29, 1.82) is 0 Å². The van der Waals surface area contributed by atoms with Gasteiger partial charge in [0.05, 0.1) is 25.4 Å². The molecular formula is C76H145NO5. The maximum atomic E-state index is 12.5. The SMILES string of the molecule is CCCC/C=C\CCCCCCCC(=O)OCCCCCCCCCCCCCC/C=C\CCCCCCCCCCCCCCCC(=O)NC(CO)C(O)/C=C/CCCCCCCCCCCCCCCCCCCCCCCCC. The Morgan fingerprint density at radius 2 is 0.585 bits per heavy atom. The first-order valence-electron chi connectivity index (χ1n) is 37.3. The van der Waals surface area contributed by atoms with Gasteiger partial charge in [-0.1, -0.05) is 359 Å². The van der Waals surface area contributed by atoms with Crippen LogP contribution in [-0.4, -0.2) is 47.4 Å². The molecule has 6 heteroatoms. The van der Waals surface area contributed by atoms with Gasteiger partial charge in [-0.3, -0.25) is 9.59 Å². The largest absolute Gasteiger partial charge is 0.466 e. The maximum Gasteiger partial charge on any atom is 0.305 e. The molecule has 6 nitrogen and oxygen atoms in total. The Morgan fingerprint density at radius 3 is 0.902 bits per heavy atom. The van der Waals surface area contributed by atoms with Crippen LogP contribution in [0.15, 0.2) is 36.5 Å². The number of hydrogen-bond acceptors (Lipinski definition) is 5. The average Bonchev–Trinajstić information content (AvgIpc) is 3.48. The van der Waals surface area contributed by atoms with Crippen molar-refractivity contribution in [3.05, 3.63) is 36.5 Å². The van der Waals surface area contributed by atoms with E-state index in [1.54, 1.807) is 6.08 Å². The number of allylic oxidation sites excluding steroid dienone is 5. The van der Waals surface area contributed by atoms with Crippen LogP contribution in [0.5, 0.6) is 0 Å². The van der Waals surface area contributed by atoms with Crippen molar-refractivity contribution < 1.29 is 24.5 Å². The maximum absolute atomic E-state index is 12.5. The number of hydrogen-bond donors (Lipinski definition) is 3. The lowest BCUT2D eigenvalue weighted by molar-refractivity contribution is -0.143. The Balaban J connectivity index is 3.41. The fourth-order valence-corrected chi connectivity index (χ4v) is 11.7. The molecule has 0 aliphatic carbocycles. The fraction of sp³-hybridized carbons (Fsp3) is 0.895. The molecule has 0 fully saturated rings. The van der Waals surface area contributed by atoms with E-state index in [9.17, 15) is 19.8 Å². The van der Waals surface area contributed by atoms with Gasteiger partial charge >= 0.3 is 5.97 Å². The number of ether oxygens (including phenoxy) is 1. The lowest BCUT2D eigenvalue weighted by Crippen LogP contribution is -2.45.